The average molecular weight is 293 g/mol. The van der Waals surface area contributed by atoms with Gasteiger partial charge in [-0.3, -0.25) is 4.79 Å². The number of aliphatic carboxylic acids is 1. The van der Waals surface area contributed by atoms with E-state index in [2.05, 4.69) is 5.32 Å². The van der Waals surface area contributed by atoms with E-state index in [-0.39, 0.29) is 6.61 Å². The van der Waals surface area contributed by atoms with Crippen LogP contribution in [0.5, 0.6) is 5.75 Å². The zero-order valence-electron chi connectivity index (χ0n) is 12.8. The van der Waals surface area contributed by atoms with Crippen molar-refractivity contribution in [3.63, 3.8) is 0 Å². The highest BCUT2D eigenvalue weighted by molar-refractivity contribution is 5.84. The molecule has 5 nitrogen and oxygen atoms in total. The predicted octanol–water partition coefficient (Wildman–Crippen LogP) is 2.44. The van der Waals surface area contributed by atoms with Crippen LogP contribution in [-0.2, 0) is 9.59 Å². The molecule has 1 aromatic rings. The van der Waals surface area contributed by atoms with E-state index in [1.54, 1.807) is 6.07 Å². The van der Waals surface area contributed by atoms with E-state index < -0.39 is 17.9 Å². The van der Waals surface area contributed by atoms with Crippen molar-refractivity contribution in [2.24, 2.45) is 0 Å². The molecule has 0 saturated heterocycles. The maximum atomic E-state index is 11.7. The van der Waals surface area contributed by atoms with Crippen LogP contribution in [0.4, 0.5) is 0 Å². The molecule has 0 aliphatic carbocycles. The van der Waals surface area contributed by atoms with Gasteiger partial charge in [0.2, 0.25) is 0 Å². The molecule has 0 fully saturated rings. The third-order valence-corrected chi connectivity index (χ3v) is 3.33. The lowest BCUT2D eigenvalue weighted by atomic mass is 10.1. The molecule has 5 heteroatoms. The molecular formula is C16H23NO4. The van der Waals surface area contributed by atoms with Crippen molar-refractivity contribution < 1.29 is 19.4 Å². The number of amides is 1. The minimum Gasteiger partial charge on any atom is -0.484 e. The number of aryl methyl sites for hydroxylation is 2. The van der Waals surface area contributed by atoms with E-state index in [4.69, 9.17) is 9.84 Å². The van der Waals surface area contributed by atoms with Crippen LogP contribution in [0.15, 0.2) is 18.2 Å². The summed E-state index contributed by atoms with van der Waals surface area (Å²) in [5.41, 5.74) is 2.23. The summed E-state index contributed by atoms with van der Waals surface area (Å²) in [5, 5.41) is 11.5. The Morgan fingerprint density at radius 1 is 1.29 bits per heavy atom. The number of ether oxygens (including phenoxy) is 1. The van der Waals surface area contributed by atoms with Crippen LogP contribution in [0.1, 0.15) is 37.3 Å². The minimum absolute atomic E-state index is 0.182. The number of hydrogen-bond donors (Lipinski definition) is 2. The normalized spacial score (nSPS) is 11.8. The Kier molecular flexibility index (Phi) is 6.72. The van der Waals surface area contributed by atoms with Gasteiger partial charge in [-0.2, -0.15) is 0 Å². The molecule has 0 aromatic heterocycles. The summed E-state index contributed by atoms with van der Waals surface area (Å²) in [6.07, 6.45) is 2.08. The molecule has 1 amide bonds. The van der Waals surface area contributed by atoms with Crippen LogP contribution in [-0.4, -0.2) is 29.6 Å². The zero-order valence-corrected chi connectivity index (χ0v) is 12.8. The van der Waals surface area contributed by atoms with Crippen LogP contribution in [0.3, 0.4) is 0 Å². The van der Waals surface area contributed by atoms with Crippen LogP contribution >= 0.6 is 0 Å². The molecule has 1 atom stereocenters. The molecular weight excluding hydrogens is 270 g/mol. The quantitative estimate of drug-likeness (QED) is 0.772. The number of carboxylic acids is 1. The summed E-state index contributed by atoms with van der Waals surface area (Å²) >= 11 is 0. The van der Waals surface area contributed by atoms with Gasteiger partial charge >= 0.3 is 5.97 Å². The number of benzene rings is 1. The standard InChI is InChI=1S/C16H23NO4/c1-4-5-6-14(16(19)20)17-15(18)10-21-13-8-7-11(2)12(3)9-13/h7-9,14H,4-6,10H2,1-3H3,(H,17,18)(H,19,20)/t14-/m0/s1. The fourth-order valence-electron chi connectivity index (χ4n) is 1.85. The summed E-state index contributed by atoms with van der Waals surface area (Å²) in [6, 6.07) is 4.72. The second-order valence-corrected chi connectivity index (χ2v) is 5.14. The van der Waals surface area contributed by atoms with Crippen LogP contribution < -0.4 is 10.1 Å². The maximum absolute atomic E-state index is 11.7. The van der Waals surface area contributed by atoms with E-state index in [0.717, 1.165) is 24.0 Å². The van der Waals surface area contributed by atoms with Gasteiger partial charge in [0.25, 0.3) is 5.91 Å². The Morgan fingerprint density at radius 2 is 2.00 bits per heavy atom. The average Bonchev–Trinajstić information content (AvgIpc) is 2.44. The van der Waals surface area contributed by atoms with Gasteiger partial charge in [-0.05, 0) is 43.5 Å². The Morgan fingerprint density at radius 3 is 2.57 bits per heavy atom. The van der Waals surface area contributed by atoms with Gasteiger partial charge in [-0.15, -0.1) is 0 Å². The van der Waals surface area contributed by atoms with Crippen molar-refractivity contribution in [2.75, 3.05) is 6.61 Å². The highest BCUT2D eigenvalue weighted by atomic mass is 16.5. The number of rotatable bonds is 8. The summed E-state index contributed by atoms with van der Waals surface area (Å²) < 4.78 is 5.38. The van der Waals surface area contributed by atoms with Gasteiger partial charge in [-0.1, -0.05) is 25.8 Å². The Hall–Kier alpha value is -2.04. The van der Waals surface area contributed by atoms with E-state index in [1.165, 1.54) is 0 Å². The van der Waals surface area contributed by atoms with Crippen LogP contribution in [0.2, 0.25) is 0 Å². The molecule has 0 aliphatic heterocycles. The number of carboxylic acid groups (broad SMARTS) is 1. The first-order chi connectivity index (χ1) is 9.93. The first-order valence-electron chi connectivity index (χ1n) is 7.16. The molecule has 116 valence electrons. The molecule has 0 spiro atoms. The lowest BCUT2D eigenvalue weighted by Crippen LogP contribution is -2.42. The number of nitrogens with one attached hydrogen (secondary N) is 1. The predicted molar refractivity (Wildman–Crippen MR) is 80.5 cm³/mol. The number of carbonyl (C=O) groups excluding carboxylic acids is 1. The molecule has 2 N–H and O–H groups in total. The summed E-state index contributed by atoms with van der Waals surface area (Å²) in [6.45, 7) is 5.76. The van der Waals surface area contributed by atoms with Crippen molar-refractivity contribution in [3.05, 3.63) is 29.3 Å². The molecule has 0 saturated carbocycles. The molecule has 0 bridgehead atoms. The molecule has 1 aromatic carbocycles. The monoisotopic (exact) mass is 293 g/mol. The number of hydrogen-bond acceptors (Lipinski definition) is 3. The third-order valence-electron chi connectivity index (χ3n) is 3.33. The van der Waals surface area contributed by atoms with E-state index >= 15 is 0 Å². The van der Waals surface area contributed by atoms with Crippen LogP contribution in [0.25, 0.3) is 0 Å². The lowest BCUT2D eigenvalue weighted by molar-refractivity contribution is -0.142. The summed E-state index contributed by atoms with van der Waals surface area (Å²) in [7, 11) is 0. The maximum Gasteiger partial charge on any atom is 0.326 e. The lowest BCUT2D eigenvalue weighted by Gasteiger charge is -2.14. The highest BCUT2D eigenvalue weighted by Crippen LogP contribution is 2.16. The van der Waals surface area contributed by atoms with Crippen molar-refractivity contribution in [2.45, 2.75) is 46.1 Å². The summed E-state index contributed by atoms with van der Waals surface area (Å²) in [4.78, 5) is 22.8. The van der Waals surface area contributed by atoms with E-state index in [9.17, 15) is 9.59 Å². The first kappa shape index (κ1) is 17.0. The largest absolute Gasteiger partial charge is 0.484 e. The van der Waals surface area contributed by atoms with Gasteiger partial charge < -0.3 is 15.2 Å². The molecule has 0 radical (unpaired) electrons. The minimum atomic E-state index is -1.01. The van der Waals surface area contributed by atoms with Gasteiger partial charge in [0.05, 0.1) is 0 Å². The van der Waals surface area contributed by atoms with Crippen molar-refractivity contribution in [1.82, 2.24) is 5.32 Å². The summed E-state index contributed by atoms with van der Waals surface area (Å²) in [5.74, 6) is -0.826. The smallest absolute Gasteiger partial charge is 0.326 e. The van der Waals surface area contributed by atoms with Crippen molar-refractivity contribution >= 4 is 11.9 Å². The molecule has 21 heavy (non-hydrogen) atoms. The molecule has 1 rings (SSSR count). The SMILES string of the molecule is CCCC[C@H](NC(=O)COc1ccc(C)c(C)c1)C(=O)O. The van der Waals surface area contributed by atoms with Gasteiger partial charge in [-0.25, -0.2) is 4.79 Å². The van der Waals surface area contributed by atoms with E-state index in [0.29, 0.717) is 12.2 Å². The van der Waals surface area contributed by atoms with Gasteiger partial charge in [0.15, 0.2) is 6.61 Å². The fraction of sp³-hybridized carbons (Fsp3) is 0.500. The number of unbranched alkanes of at least 4 members (excludes halogenated alkanes) is 1. The fourth-order valence-corrected chi connectivity index (χ4v) is 1.85. The van der Waals surface area contributed by atoms with Crippen molar-refractivity contribution in [1.29, 1.82) is 0 Å². The number of carbonyl (C=O) groups is 2. The Bertz CT molecular complexity index is 499. The van der Waals surface area contributed by atoms with Gasteiger partial charge in [0, 0.05) is 0 Å². The Labute approximate surface area is 125 Å². The van der Waals surface area contributed by atoms with Gasteiger partial charge in [0.1, 0.15) is 11.8 Å². The molecule has 0 heterocycles. The van der Waals surface area contributed by atoms with Crippen molar-refractivity contribution in [3.8, 4) is 5.75 Å². The molecule has 0 aliphatic rings. The van der Waals surface area contributed by atoms with Crippen LogP contribution in [0, 0.1) is 13.8 Å². The third kappa shape index (κ3) is 5.85. The molecule has 0 unspecified atom stereocenters. The Balaban J connectivity index is 2.48. The second kappa shape index (κ2) is 8.29. The topological polar surface area (TPSA) is 75.6 Å². The van der Waals surface area contributed by atoms with E-state index in [1.807, 2.05) is 32.9 Å². The highest BCUT2D eigenvalue weighted by Gasteiger charge is 2.19. The second-order valence-electron chi connectivity index (χ2n) is 5.14. The zero-order chi connectivity index (χ0) is 15.8. The first-order valence-corrected chi connectivity index (χ1v) is 7.16.